The Bertz CT molecular complexity index is 1310. The number of methoxy groups -OCH3 is 2. The zero-order chi connectivity index (χ0) is 25.7. The fraction of sp³-hybridized carbons (Fsp3) is 0.320. The summed E-state index contributed by atoms with van der Waals surface area (Å²) >= 11 is 0. The van der Waals surface area contributed by atoms with Crippen molar-refractivity contribution in [3.63, 3.8) is 0 Å². The Labute approximate surface area is 207 Å². The minimum absolute atomic E-state index is 0.0648. The first-order valence-electron chi connectivity index (χ1n) is 11.4. The molecule has 1 unspecified atom stereocenters. The van der Waals surface area contributed by atoms with E-state index in [0.29, 0.717) is 28.6 Å². The minimum atomic E-state index is -0.800. The fourth-order valence-electron chi connectivity index (χ4n) is 4.01. The number of nitrogens with zero attached hydrogens (tertiary/aromatic N) is 4. The molecule has 36 heavy (non-hydrogen) atoms. The maximum absolute atomic E-state index is 13.4. The van der Waals surface area contributed by atoms with E-state index < -0.39 is 18.0 Å². The van der Waals surface area contributed by atoms with Crippen LogP contribution in [0.2, 0.25) is 0 Å². The van der Waals surface area contributed by atoms with Gasteiger partial charge in [0.25, 0.3) is 11.5 Å². The van der Waals surface area contributed by atoms with Crippen LogP contribution >= 0.6 is 0 Å². The van der Waals surface area contributed by atoms with Crippen molar-refractivity contribution in [3.8, 4) is 22.8 Å². The van der Waals surface area contributed by atoms with Crippen LogP contribution in [0.25, 0.3) is 11.3 Å². The molecule has 0 spiro atoms. The molecule has 0 fully saturated rings. The van der Waals surface area contributed by atoms with Crippen LogP contribution in [0.5, 0.6) is 11.5 Å². The van der Waals surface area contributed by atoms with Crippen LogP contribution in [0.1, 0.15) is 29.1 Å². The van der Waals surface area contributed by atoms with Crippen molar-refractivity contribution >= 4 is 12.0 Å². The van der Waals surface area contributed by atoms with Crippen molar-refractivity contribution in [3.05, 3.63) is 70.5 Å². The zero-order valence-electron chi connectivity index (χ0n) is 20.3. The highest BCUT2D eigenvalue weighted by Crippen LogP contribution is 2.26. The van der Waals surface area contributed by atoms with Gasteiger partial charge in [0, 0.05) is 43.2 Å². The van der Waals surface area contributed by atoms with Crippen molar-refractivity contribution in [2.24, 2.45) is 0 Å². The highest BCUT2D eigenvalue weighted by atomic mass is 16.6. The van der Waals surface area contributed by atoms with Crippen LogP contribution in [0, 0.1) is 0 Å². The first-order chi connectivity index (χ1) is 17.4. The van der Waals surface area contributed by atoms with Gasteiger partial charge < -0.3 is 24.4 Å². The van der Waals surface area contributed by atoms with Crippen LogP contribution in [0.3, 0.4) is 0 Å². The standard InChI is InChI=1S/C25H27N5O6/c1-4-36-25(33)29-11-12-30-22(31)14-19(16-7-9-26-10-8-16)27-23(30)20(15-29)28-24(32)18-6-5-17(34-2)13-21(18)35-3/h5-10,13-14,20H,4,11-12,15H2,1-3H3,(H,28,32). The third-order valence-corrected chi connectivity index (χ3v) is 5.81. The topological polar surface area (TPSA) is 125 Å². The lowest BCUT2D eigenvalue weighted by Crippen LogP contribution is -2.41. The molecule has 3 heterocycles. The number of rotatable bonds is 6. The van der Waals surface area contributed by atoms with E-state index >= 15 is 0 Å². The molecule has 11 heteroatoms. The van der Waals surface area contributed by atoms with Gasteiger partial charge in [-0.25, -0.2) is 9.78 Å². The second-order valence-electron chi connectivity index (χ2n) is 7.96. The lowest BCUT2D eigenvalue weighted by Gasteiger charge is -2.24. The maximum Gasteiger partial charge on any atom is 0.409 e. The summed E-state index contributed by atoms with van der Waals surface area (Å²) < 4.78 is 17.2. The van der Waals surface area contributed by atoms with Crippen molar-refractivity contribution in [1.82, 2.24) is 24.8 Å². The predicted octanol–water partition coefficient (Wildman–Crippen LogP) is 2.27. The first-order valence-corrected chi connectivity index (χ1v) is 11.4. The second-order valence-corrected chi connectivity index (χ2v) is 7.96. The van der Waals surface area contributed by atoms with Gasteiger partial charge in [0.2, 0.25) is 0 Å². The molecule has 0 bridgehead atoms. The summed E-state index contributed by atoms with van der Waals surface area (Å²) in [7, 11) is 2.97. The van der Waals surface area contributed by atoms with Crippen LogP contribution in [-0.2, 0) is 11.3 Å². The number of hydrogen-bond acceptors (Lipinski definition) is 8. The van der Waals surface area contributed by atoms with E-state index in [1.807, 2.05) is 0 Å². The van der Waals surface area contributed by atoms with E-state index in [1.165, 1.54) is 29.8 Å². The smallest absolute Gasteiger partial charge is 0.409 e. The Kier molecular flexibility index (Phi) is 7.47. The summed E-state index contributed by atoms with van der Waals surface area (Å²) in [6.45, 7) is 2.41. The molecule has 11 nitrogen and oxygen atoms in total. The van der Waals surface area contributed by atoms with E-state index in [1.54, 1.807) is 49.6 Å². The van der Waals surface area contributed by atoms with Crippen molar-refractivity contribution in [2.75, 3.05) is 33.9 Å². The third-order valence-electron chi connectivity index (χ3n) is 5.81. The summed E-state index contributed by atoms with van der Waals surface area (Å²) in [5.74, 6) is 0.729. The van der Waals surface area contributed by atoms with Crippen LogP contribution in [-0.4, -0.2) is 65.4 Å². The van der Waals surface area contributed by atoms with Gasteiger partial charge in [-0.3, -0.25) is 19.1 Å². The highest BCUT2D eigenvalue weighted by Gasteiger charge is 2.31. The summed E-state index contributed by atoms with van der Waals surface area (Å²) in [6, 6.07) is 8.96. The molecular formula is C25H27N5O6. The average Bonchev–Trinajstić information content (AvgIpc) is 3.09. The lowest BCUT2D eigenvalue weighted by molar-refractivity contribution is 0.0887. The number of ether oxygens (including phenoxy) is 3. The van der Waals surface area contributed by atoms with Crippen molar-refractivity contribution in [2.45, 2.75) is 19.5 Å². The van der Waals surface area contributed by atoms with Gasteiger partial charge in [-0.1, -0.05) is 0 Å². The molecule has 0 radical (unpaired) electrons. The number of carbonyl (C=O) groups is 2. The normalized spacial score (nSPS) is 14.9. The lowest BCUT2D eigenvalue weighted by atomic mass is 10.1. The molecular weight excluding hydrogens is 466 g/mol. The number of carbonyl (C=O) groups excluding carboxylic acids is 2. The van der Waals surface area contributed by atoms with Crippen LogP contribution in [0.4, 0.5) is 4.79 Å². The van der Waals surface area contributed by atoms with Crippen molar-refractivity contribution in [1.29, 1.82) is 0 Å². The Morgan fingerprint density at radius 2 is 1.86 bits per heavy atom. The fourth-order valence-corrected chi connectivity index (χ4v) is 4.01. The Morgan fingerprint density at radius 1 is 1.08 bits per heavy atom. The number of benzene rings is 1. The van der Waals surface area contributed by atoms with Crippen molar-refractivity contribution < 1.29 is 23.8 Å². The number of hydrogen-bond donors (Lipinski definition) is 1. The monoisotopic (exact) mass is 493 g/mol. The summed E-state index contributed by atoms with van der Waals surface area (Å²) in [4.78, 5) is 49.3. The molecule has 1 N–H and O–H groups in total. The molecule has 1 aromatic carbocycles. The van der Waals surface area contributed by atoms with Crippen LogP contribution in [0.15, 0.2) is 53.6 Å². The predicted molar refractivity (Wildman–Crippen MR) is 130 cm³/mol. The van der Waals surface area contributed by atoms with Gasteiger partial charge >= 0.3 is 6.09 Å². The second kappa shape index (κ2) is 10.9. The zero-order valence-corrected chi connectivity index (χ0v) is 20.3. The molecule has 2 amide bonds. The van der Waals surface area contributed by atoms with E-state index in [0.717, 1.165) is 0 Å². The molecule has 3 aromatic rings. The Hall–Kier alpha value is -4.41. The SMILES string of the molecule is CCOC(=O)N1CCn2c(nc(-c3ccncc3)cc2=O)C(NC(=O)c2ccc(OC)cc2OC)C1. The molecule has 0 saturated carbocycles. The average molecular weight is 494 g/mol. The van der Waals surface area contributed by atoms with Gasteiger partial charge in [-0.05, 0) is 31.2 Å². The van der Waals surface area contributed by atoms with Crippen LogP contribution < -0.4 is 20.3 Å². The largest absolute Gasteiger partial charge is 0.497 e. The van der Waals surface area contributed by atoms with E-state index in [-0.39, 0.29) is 37.4 Å². The Balaban J connectivity index is 1.75. The first kappa shape index (κ1) is 24.7. The molecule has 4 rings (SSSR count). The van der Waals surface area contributed by atoms with Gasteiger partial charge in [-0.2, -0.15) is 0 Å². The number of amides is 2. The quantitative estimate of drug-likeness (QED) is 0.555. The minimum Gasteiger partial charge on any atom is -0.497 e. The summed E-state index contributed by atoms with van der Waals surface area (Å²) in [5.41, 5.74) is 1.13. The maximum atomic E-state index is 13.4. The van der Waals surface area contributed by atoms with E-state index in [9.17, 15) is 14.4 Å². The molecule has 2 aromatic heterocycles. The van der Waals surface area contributed by atoms with Gasteiger partial charge in [0.15, 0.2) is 0 Å². The summed E-state index contributed by atoms with van der Waals surface area (Å²) in [6.07, 6.45) is 2.68. The Morgan fingerprint density at radius 3 is 2.56 bits per heavy atom. The number of nitrogens with one attached hydrogen (secondary N) is 1. The molecule has 188 valence electrons. The van der Waals surface area contributed by atoms with Gasteiger partial charge in [0.1, 0.15) is 23.4 Å². The molecule has 0 saturated heterocycles. The molecule has 1 atom stereocenters. The van der Waals surface area contributed by atoms with Gasteiger partial charge in [0.05, 0.1) is 38.6 Å². The molecule has 0 aliphatic carbocycles. The third kappa shape index (κ3) is 5.14. The summed E-state index contributed by atoms with van der Waals surface area (Å²) in [5, 5.41) is 2.93. The van der Waals surface area contributed by atoms with E-state index in [2.05, 4.69) is 10.3 Å². The highest BCUT2D eigenvalue weighted by molar-refractivity contribution is 5.97. The van der Waals surface area contributed by atoms with E-state index in [4.69, 9.17) is 19.2 Å². The number of aromatic nitrogens is 3. The number of fused-ring (bicyclic) bond motifs is 1. The van der Waals surface area contributed by atoms with Gasteiger partial charge in [-0.15, -0.1) is 0 Å². The number of pyridine rings is 1. The molecule has 1 aliphatic heterocycles. The molecule has 1 aliphatic rings.